The predicted octanol–water partition coefficient (Wildman–Crippen LogP) is 2.98. The van der Waals surface area contributed by atoms with Crippen molar-refractivity contribution in [1.82, 2.24) is 29.4 Å². The summed E-state index contributed by atoms with van der Waals surface area (Å²) in [6.07, 6.45) is 3.73. The number of aliphatic hydroxyl groups is 1. The van der Waals surface area contributed by atoms with Crippen molar-refractivity contribution in [3.8, 4) is 11.4 Å². The molecule has 10 heteroatoms. The fourth-order valence-electron chi connectivity index (χ4n) is 5.74. The van der Waals surface area contributed by atoms with Gasteiger partial charge in [-0.25, -0.2) is 19.9 Å². The predicted molar refractivity (Wildman–Crippen MR) is 149 cm³/mol. The van der Waals surface area contributed by atoms with Gasteiger partial charge in [-0.3, -0.25) is 4.90 Å². The van der Waals surface area contributed by atoms with Crippen LogP contribution in [0.25, 0.3) is 33.3 Å². The number of morpholine rings is 1. The van der Waals surface area contributed by atoms with Crippen LogP contribution in [-0.2, 0) is 18.3 Å². The maximum Gasteiger partial charge on any atom is 0.166 e. The molecule has 200 valence electrons. The number of fused-ring (bicyclic) bond motifs is 2. The molecule has 0 spiro atoms. The number of aryl methyl sites for hydroxylation is 1. The van der Waals surface area contributed by atoms with Gasteiger partial charge >= 0.3 is 0 Å². The van der Waals surface area contributed by atoms with Gasteiger partial charge in [-0.05, 0) is 51.1 Å². The quantitative estimate of drug-likeness (QED) is 0.413. The number of nitrogen functional groups attached to an aromatic ring is 1. The van der Waals surface area contributed by atoms with E-state index in [1.807, 2.05) is 45.2 Å². The van der Waals surface area contributed by atoms with Gasteiger partial charge in [0.15, 0.2) is 22.8 Å². The van der Waals surface area contributed by atoms with E-state index >= 15 is 0 Å². The molecule has 2 fully saturated rings. The lowest BCUT2D eigenvalue weighted by molar-refractivity contribution is -0.0139. The summed E-state index contributed by atoms with van der Waals surface area (Å²) in [5.41, 5.74) is 8.01. The molecule has 2 saturated heterocycles. The van der Waals surface area contributed by atoms with E-state index in [1.165, 1.54) is 0 Å². The number of anilines is 2. The Balaban J connectivity index is 1.41. The van der Waals surface area contributed by atoms with Gasteiger partial charge < -0.3 is 25.0 Å². The Morgan fingerprint density at radius 1 is 1.03 bits per heavy atom. The van der Waals surface area contributed by atoms with E-state index in [0.29, 0.717) is 30.8 Å². The van der Waals surface area contributed by atoms with Crippen LogP contribution in [0, 0.1) is 5.92 Å². The highest BCUT2D eigenvalue weighted by Gasteiger charge is 2.31. The van der Waals surface area contributed by atoms with Crippen LogP contribution in [0.5, 0.6) is 0 Å². The monoisotopic (exact) mass is 516 g/mol. The molecule has 0 unspecified atom stereocenters. The zero-order chi connectivity index (χ0) is 26.4. The number of nitrogens with zero attached hydrogens (tertiary/aromatic N) is 7. The Kier molecular flexibility index (Phi) is 6.41. The van der Waals surface area contributed by atoms with Crippen LogP contribution in [0.1, 0.15) is 32.5 Å². The smallest absolute Gasteiger partial charge is 0.166 e. The summed E-state index contributed by atoms with van der Waals surface area (Å²) in [6, 6.07) is 7.98. The van der Waals surface area contributed by atoms with Crippen molar-refractivity contribution < 1.29 is 9.84 Å². The van der Waals surface area contributed by atoms with Gasteiger partial charge in [0.2, 0.25) is 0 Å². The summed E-state index contributed by atoms with van der Waals surface area (Å²) >= 11 is 0. The number of imidazole rings is 1. The topological polar surface area (TPSA) is 118 Å². The maximum atomic E-state index is 10.4. The molecule has 0 bridgehead atoms. The maximum absolute atomic E-state index is 10.4. The standard InChI is InChI=1S/C28H36N8O2/c1-28(2,37)18-8-10-35(11-9-18)17-22-31-23-26(34(22)3)32-25(33-27(23)36-12-14-38-15-13-36)21-16-30-24(29)20-7-5-4-6-19(20)21/h4-7,16,18,37H,8-15,17H2,1-3H3,(H2,29,30). The van der Waals surface area contributed by atoms with Gasteiger partial charge in [0.05, 0.1) is 25.4 Å². The van der Waals surface area contributed by atoms with Crippen molar-refractivity contribution in [2.75, 3.05) is 50.0 Å². The van der Waals surface area contributed by atoms with Gasteiger partial charge in [-0.2, -0.15) is 0 Å². The number of hydrogen-bond donors (Lipinski definition) is 2. The van der Waals surface area contributed by atoms with Crippen molar-refractivity contribution in [3.05, 3.63) is 36.3 Å². The van der Waals surface area contributed by atoms with Gasteiger partial charge in [-0.1, -0.05) is 24.3 Å². The summed E-state index contributed by atoms with van der Waals surface area (Å²) in [6.45, 7) is 9.26. The highest BCUT2D eigenvalue weighted by Crippen LogP contribution is 2.33. The van der Waals surface area contributed by atoms with E-state index in [4.69, 9.17) is 25.4 Å². The Hall–Kier alpha value is -3.34. The highest BCUT2D eigenvalue weighted by molar-refractivity contribution is 6.00. The molecule has 10 nitrogen and oxygen atoms in total. The van der Waals surface area contributed by atoms with Crippen LogP contribution in [0.2, 0.25) is 0 Å². The second-order valence-electron chi connectivity index (χ2n) is 11.0. The van der Waals surface area contributed by atoms with Crippen LogP contribution >= 0.6 is 0 Å². The number of ether oxygens (including phenoxy) is 1. The zero-order valence-electron chi connectivity index (χ0n) is 22.4. The van der Waals surface area contributed by atoms with Gasteiger partial charge in [0.1, 0.15) is 11.6 Å². The molecule has 4 aromatic rings. The van der Waals surface area contributed by atoms with E-state index in [1.54, 1.807) is 6.20 Å². The van der Waals surface area contributed by atoms with Crippen molar-refractivity contribution in [2.45, 2.75) is 38.8 Å². The third kappa shape index (κ3) is 4.57. The second-order valence-corrected chi connectivity index (χ2v) is 11.0. The Morgan fingerprint density at radius 3 is 2.45 bits per heavy atom. The van der Waals surface area contributed by atoms with E-state index in [0.717, 1.165) is 84.7 Å². The summed E-state index contributed by atoms with van der Waals surface area (Å²) in [7, 11) is 2.04. The second kappa shape index (κ2) is 9.76. The number of rotatable bonds is 5. The summed E-state index contributed by atoms with van der Waals surface area (Å²) in [4.78, 5) is 24.3. The summed E-state index contributed by atoms with van der Waals surface area (Å²) in [5.74, 6) is 3.22. The summed E-state index contributed by atoms with van der Waals surface area (Å²) < 4.78 is 7.72. The number of likely N-dealkylation sites (tertiary alicyclic amines) is 1. The molecule has 5 heterocycles. The SMILES string of the molecule is Cn1c(CN2CCC(C(C)(C)O)CC2)nc2c(N3CCOCC3)nc(-c3cnc(N)c4ccccc34)nc21. The molecular weight excluding hydrogens is 480 g/mol. The first-order chi connectivity index (χ1) is 18.3. The fourth-order valence-corrected chi connectivity index (χ4v) is 5.74. The minimum Gasteiger partial charge on any atom is -0.390 e. The molecule has 2 aliphatic heterocycles. The number of hydrogen-bond acceptors (Lipinski definition) is 9. The van der Waals surface area contributed by atoms with Gasteiger partial charge in [0.25, 0.3) is 0 Å². The molecule has 1 aromatic carbocycles. The molecule has 0 amide bonds. The van der Waals surface area contributed by atoms with Crippen molar-refractivity contribution in [2.24, 2.45) is 13.0 Å². The number of benzene rings is 1. The first-order valence-electron chi connectivity index (χ1n) is 13.4. The van der Waals surface area contributed by atoms with Crippen molar-refractivity contribution >= 4 is 33.6 Å². The molecule has 3 aromatic heterocycles. The molecular formula is C28H36N8O2. The highest BCUT2D eigenvalue weighted by atomic mass is 16.5. The molecule has 0 atom stereocenters. The number of pyridine rings is 1. The zero-order valence-corrected chi connectivity index (χ0v) is 22.4. The van der Waals surface area contributed by atoms with Crippen LogP contribution in [0.4, 0.5) is 11.6 Å². The van der Waals surface area contributed by atoms with Crippen LogP contribution in [0.3, 0.4) is 0 Å². The lowest BCUT2D eigenvalue weighted by atomic mass is 9.83. The molecule has 6 rings (SSSR count). The average Bonchev–Trinajstić information content (AvgIpc) is 3.23. The molecule has 0 radical (unpaired) electrons. The van der Waals surface area contributed by atoms with Crippen molar-refractivity contribution in [1.29, 1.82) is 0 Å². The van der Waals surface area contributed by atoms with Gasteiger partial charge in [0, 0.05) is 37.3 Å². The minimum atomic E-state index is -0.635. The largest absolute Gasteiger partial charge is 0.390 e. The Bertz CT molecular complexity index is 1460. The lowest BCUT2D eigenvalue weighted by Gasteiger charge is -2.37. The number of piperidine rings is 1. The van der Waals surface area contributed by atoms with Gasteiger partial charge in [-0.15, -0.1) is 0 Å². The fraction of sp³-hybridized carbons (Fsp3) is 0.500. The molecule has 0 aliphatic carbocycles. The van der Waals surface area contributed by atoms with E-state index in [9.17, 15) is 5.11 Å². The minimum absolute atomic E-state index is 0.323. The summed E-state index contributed by atoms with van der Waals surface area (Å²) in [5, 5.41) is 12.3. The number of aromatic nitrogens is 5. The Morgan fingerprint density at radius 2 is 1.74 bits per heavy atom. The van der Waals surface area contributed by atoms with Crippen LogP contribution in [-0.4, -0.2) is 79.5 Å². The normalized spacial score (nSPS) is 18.1. The van der Waals surface area contributed by atoms with E-state index < -0.39 is 5.60 Å². The van der Waals surface area contributed by atoms with Crippen LogP contribution in [0.15, 0.2) is 30.5 Å². The molecule has 0 saturated carbocycles. The first-order valence-corrected chi connectivity index (χ1v) is 13.4. The van der Waals surface area contributed by atoms with E-state index in [-0.39, 0.29) is 0 Å². The third-order valence-corrected chi connectivity index (χ3v) is 8.12. The number of nitrogens with two attached hydrogens (primary N) is 1. The van der Waals surface area contributed by atoms with Crippen molar-refractivity contribution in [3.63, 3.8) is 0 Å². The lowest BCUT2D eigenvalue weighted by Crippen LogP contribution is -2.41. The third-order valence-electron chi connectivity index (χ3n) is 8.12. The molecule has 38 heavy (non-hydrogen) atoms. The molecule has 3 N–H and O–H groups in total. The first kappa shape index (κ1) is 25.0. The van der Waals surface area contributed by atoms with Crippen LogP contribution < -0.4 is 10.6 Å². The van der Waals surface area contributed by atoms with E-state index in [2.05, 4.69) is 19.4 Å². The average molecular weight is 517 g/mol. The Labute approximate surface area is 222 Å². The molecule has 2 aliphatic rings.